The molecule has 29 heavy (non-hydrogen) atoms. The van der Waals surface area contributed by atoms with Crippen molar-refractivity contribution in [3.63, 3.8) is 0 Å². The van der Waals surface area contributed by atoms with Crippen molar-refractivity contribution in [3.8, 4) is 5.75 Å². The van der Waals surface area contributed by atoms with Crippen molar-refractivity contribution in [2.24, 2.45) is 5.92 Å². The summed E-state index contributed by atoms with van der Waals surface area (Å²) >= 11 is 0. The van der Waals surface area contributed by atoms with Gasteiger partial charge in [-0.3, -0.25) is 19.3 Å². The van der Waals surface area contributed by atoms with Gasteiger partial charge in [-0.2, -0.15) is 0 Å². The number of fused-ring (bicyclic) bond motifs is 1. The summed E-state index contributed by atoms with van der Waals surface area (Å²) in [5, 5.41) is 0. The normalized spacial score (nSPS) is 19.4. The minimum atomic E-state index is -0.298. The molecule has 7 heteroatoms. The predicted octanol–water partition coefficient (Wildman–Crippen LogP) is 2.51. The molecule has 2 amide bonds. The SMILES string of the molecule is CCOC(=O)[C@H]1CCCN(C(=O)CN2C(=O)COc3ccc(C(C)(C)C)cc32)C1. The molecule has 0 bridgehead atoms. The van der Waals surface area contributed by atoms with E-state index in [1.165, 1.54) is 4.90 Å². The molecule has 1 fully saturated rings. The zero-order valence-electron chi connectivity index (χ0n) is 17.7. The first-order valence-electron chi connectivity index (χ1n) is 10.2. The van der Waals surface area contributed by atoms with Crippen molar-refractivity contribution in [2.75, 3.05) is 37.7 Å². The van der Waals surface area contributed by atoms with Gasteiger partial charge >= 0.3 is 5.97 Å². The van der Waals surface area contributed by atoms with Crippen molar-refractivity contribution in [1.82, 2.24) is 4.90 Å². The highest BCUT2D eigenvalue weighted by atomic mass is 16.5. The second kappa shape index (κ2) is 8.43. The van der Waals surface area contributed by atoms with Gasteiger partial charge in [0.1, 0.15) is 12.3 Å². The van der Waals surface area contributed by atoms with Crippen molar-refractivity contribution in [3.05, 3.63) is 23.8 Å². The largest absolute Gasteiger partial charge is 0.482 e. The highest BCUT2D eigenvalue weighted by Gasteiger charge is 2.33. The number of hydrogen-bond donors (Lipinski definition) is 0. The quantitative estimate of drug-likeness (QED) is 0.724. The Labute approximate surface area is 171 Å². The highest BCUT2D eigenvalue weighted by molar-refractivity contribution is 6.02. The van der Waals surface area contributed by atoms with Gasteiger partial charge in [0.15, 0.2) is 6.61 Å². The van der Waals surface area contributed by atoms with Crippen LogP contribution in [-0.2, 0) is 24.5 Å². The van der Waals surface area contributed by atoms with Crippen LogP contribution in [0.15, 0.2) is 18.2 Å². The first kappa shape index (κ1) is 21.1. The molecule has 3 rings (SSSR count). The Kier molecular flexibility index (Phi) is 6.15. The van der Waals surface area contributed by atoms with Crippen LogP contribution >= 0.6 is 0 Å². The van der Waals surface area contributed by atoms with Gasteiger partial charge in [0, 0.05) is 13.1 Å². The smallest absolute Gasteiger partial charge is 0.310 e. The summed E-state index contributed by atoms with van der Waals surface area (Å²) in [5.74, 6) is -0.355. The molecule has 2 aliphatic rings. The number of carbonyl (C=O) groups is 3. The molecule has 0 radical (unpaired) electrons. The predicted molar refractivity (Wildman–Crippen MR) is 109 cm³/mol. The molecule has 0 unspecified atom stereocenters. The van der Waals surface area contributed by atoms with E-state index in [1.807, 2.05) is 18.2 Å². The third kappa shape index (κ3) is 4.71. The monoisotopic (exact) mass is 402 g/mol. The number of nitrogens with zero attached hydrogens (tertiary/aromatic N) is 2. The van der Waals surface area contributed by atoms with Crippen LogP contribution in [-0.4, -0.2) is 55.5 Å². The lowest BCUT2D eigenvalue weighted by Crippen LogP contribution is -2.49. The topological polar surface area (TPSA) is 76.2 Å². The first-order valence-corrected chi connectivity index (χ1v) is 10.2. The molecular weight excluding hydrogens is 372 g/mol. The van der Waals surface area contributed by atoms with Crippen molar-refractivity contribution in [2.45, 2.75) is 46.0 Å². The average molecular weight is 402 g/mol. The van der Waals surface area contributed by atoms with Crippen LogP contribution < -0.4 is 9.64 Å². The second-order valence-electron chi connectivity index (χ2n) is 8.63. The number of rotatable bonds is 4. The third-order valence-electron chi connectivity index (χ3n) is 5.46. The molecule has 1 saturated heterocycles. The molecule has 0 saturated carbocycles. The molecule has 158 valence electrons. The number of esters is 1. The Balaban J connectivity index is 1.77. The molecule has 0 aliphatic carbocycles. The molecular formula is C22H30N2O5. The zero-order valence-corrected chi connectivity index (χ0v) is 17.7. The lowest BCUT2D eigenvalue weighted by atomic mass is 9.86. The van der Waals surface area contributed by atoms with Crippen molar-refractivity contribution < 1.29 is 23.9 Å². The summed E-state index contributed by atoms with van der Waals surface area (Å²) in [4.78, 5) is 40.8. The van der Waals surface area contributed by atoms with E-state index in [0.717, 1.165) is 18.4 Å². The minimum Gasteiger partial charge on any atom is -0.482 e. The molecule has 1 aromatic rings. The van der Waals surface area contributed by atoms with E-state index in [2.05, 4.69) is 20.8 Å². The summed E-state index contributed by atoms with van der Waals surface area (Å²) in [6.07, 6.45) is 1.47. The molecule has 1 aromatic carbocycles. The van der Waals surface area contributed by atoms with Gasteiger partial charge in [0.2, 0.25) is 5.91 Å². The molecule has 0 aromatic heterocycles. The molecule has 2 heterocycles. The van der Waals surface area contributed by atoms with Crippen molar-refractivity contribution in [1.29, 1.82) is 0 Å². The van der Waals surface area contributed by atoms with Crippen LogP contribution in [0.3, 0.4) is 0 Å². The molecule has 7 nitrogen and oxygen atoms in total. The van der Waals surface area contributed by atoms with E-state index in [9.17, 15) is 14.4 Å². The fourth-order valence-electron chi connectivity index (χ4n) is 3.73. The van der Waals surface area contributed by atoms with Gasteiger partial charge in [-0.1, -0.05) is 26.8 Å². The number of amides is 2. The molecule has 1 atom stereocenters. The van der Waals surface area contributed by atoms with E-state index >= 15 is 0 Å². The second-order valence-corrected chi connectivity index (χ2v) is 8.63. The van der Waals surface area contributed by atoms with Crippen LogP contribution in [0.5, 0.6) is 5.75 Å². The Morgan fingerprint density at radius 3 is 2.72 bits per heavy atom. The number of hydrogen-bond acceptors (Lipinski definition) is 5. The molecule has 2 aliphatic heterocycles. The van der Waals surface area contributed by atoms with E-state index in [4.69, 9.17) is 9.47 Å². The Morgan fingerprint density at radius 1 is 1.28 bits per heavy atom. The van der Waals surface area contributed by atoms with Crippen molar-refractivity contribution >= 4 is 23.5 Å². The van der Waals surface area contributed by atoms with Gasteiger partial charge in [-0.15, -0.1) is 0 Å². The standard InChI is InChI=1S/C22H30N2O5/c1-5-28-21(27)15-7-6-10-23(12-15)19(25)13-24-17-11-16(22(2,3)4)8-9-18(17)29-14-20(24)26/h8-9,11,15H,5-7,10,12-14H2,1-4H3/t15-/m0/s1. The van der Waals surface area contributed by atoms with E-state index < -0.39 is 0 Å². The van der Waals surface area contributed by atoms with Crippen LogP contribution in [0.1, 0.15) is 46.1 Å². The summed E-state index contributed by atoms with van der Waals surface area (Å²) < 4.78 is 10.7. The number of anilines is 1. The molecule has 0 spiro atoms. The van der Waals surface area contributed by atoms with Crippen LogP contribution in [0.2, 0.25) is 0 Å². The van der Waals surface area contributed by atoms with Gasteiger partial charge in [0.25, 0.3) is 5.91 Å². The number of carbonyl (C=O) groups excluding carboxylic acids is 3. The first-order chi connectivity index (χ1) is 13.7. The maximum Gasteiger partial charge on any atom is 0.310 e. The lowest BCUT2D eigenvalue weighted by molar-refractivity contribution is -0.151. The Hall–Kier alpha value is -2.57. The van der Waals surface area contributed by atoms with E-state index in [1.54, 1.807) is 11.8 Å². The Morgan fingerprint density at radius 2 is 2.03 bits per heavy atom. The lowest BCUT2D eigenvalue weighted by Gasteiger charge is -2.35. The van der Waals surface area contributed by atoms with Gasteiger partial charge < -0.3 is 14.4 Å². The van der Waals surface area contributed by atoms with E-state index in [0.29, 0.717) is 31.1 Å². The number of piperidine rings is 1. The van der Waals surface area contributed by atoms with Crippen LogP contribution in [0, 0.1) is 5.92 Å². The maximum atomic E-state index is 13.0. The fraction of sp³-hybridized carbons (Fsp3) is 0.591. The van der Waals surface area contributed by atoms with Gasteiger partial charge in [-0.05, 0) is 42.9 Å². The zero-order chi connectivity index (χ0) is 21.2. The van der Waals surface area contributed by atoms with Gasteiger partial charge in [-0.25, -0.2) is 0 Å². The highest BCUT2D eigenvalue weighted by Crippen LogP contribution is 2.36. The van der Waals surface area contributed by atoms with Crippen LogP contribution in [0.25, 0.3) is 0 Å². The Bertz CT molecular complexity index is 799. The summed E-state index contributed by atoms with van der Waals surface area (Å²) in [5.41, 5.74) is 1.60. The number of benzene rings is 1. The third-order valence-corrected chi connectivity index (χ3v) is 5.46. The summed E-state index contributed by atoms with van der Waals surface area (Å²) in [6.45, 7) is 9.18. The number of ether oxygens (including phenoxy) is 2. The summed E-state index contributed by atoms with van der Waals surface area (Å²) in [6, 6.07) is 5.78. The fourth-order valence-corrected chi connectivity index (χ4v) is 3.73. The molecule has 0 N–H and O–H groups in total. The van der Waals surface area contributed by atoms with Crippen LogP contribution in [0.4, 0.5) is 5.69 Å². The minimum absolute atomic E-state index is 0.0572. The summed E-state index contributed by atoms with van der Waals surface area (Å²) in [7, 11) is 0. The maximum absolute atomic E-state index is 13.0. The average Bonchev–Trinajstić information content (AvgIpc) is 2.69. The van der Waals surface area contributed by atoms with E-state index in [-0.39, 0.29) is 42.3 Å². The number of likely N-dealkylation sites (tertiary alicyclic amines) is 1. The van der Waals surface area contributed by atoms with Gasteiger partial charge in [0.05, 0.1) is 18.2 Å².